The van der Waals surface area contributed by atoms with E-state index in [0.29, 0.717) is 25.1 Å². The van der Waals surface area contributed by atoms with Crippen molar-refractivity contribution < 1.29 is 14.3 Å². The van der Waals surface area contributed by atoms with Gasteiger partial charge in [0.15, 0.2) is 0 Å². The lowest BCUT2D eigenvalue weighted by molar-refractivity contribution is 0.0941. The van der Waals surface area contributed by atoms with Crippen LogP contribution in [-0.2, 0) is 0 Å². The molecule has 6 heteroatoms. The number of carbonyl (C=O) groups is 1. The summed E-state index contributed by atoms with van der Waals surface area (Å²) in [4.78, 5) is 12.0. The fraction of sp³-hybridized carbons (Fsp3) is 0.412. The van der Waals surface area contributed by atoms with Gasteiger partial charge in [0.05, 0.1) is 11.8 Å². The summed E-state index contributed by atoms with van der Waals surface area (Å²) >= 11 is 0. The number of nitrogens with zero attached hydrogens (tertiary/aromatic N) is 2. The molecule has 5 nitrogen and oxygen atoms in total. The Kier molecular flexibility index (Phi) is 5.50. The molecule has 0 saturated heterocycles. The summed E-state index contributed by atoms with van der Waals surface area (Å²) in [5.74, 6) is -0.857. The van der Waals surface area contributed by atoms with Crippen molar-refractivity contribution in [1.29, 1.82) is 0 Å². The molecule has 1 unspecified atom stereocenters. The summed E-state index contributed by atoms with van der Waals surface area (Å²) in [6, 6.07) is 6.18. The second-order valence-corrected chi connectivity index (χ2v) is 5.61. The van der Waals surface area contributed by atoms with Crippen LogP contribution in [0.1, 0.15) is 41.5 Å². The molecule has 2 aromatic rings. The molecular weight excluding hydrogens is 297 g/mol. The van der Waals surface area contributed by atoms with Crippen LogP contribution >= 0.6 is 0 Å². The molecule has 1 amide bonds. The molecule has 1 aromatic carbocycles. The van der Waals surface area contributed by atoms with Crippen molar-refractivity contribution in [2.45, 2.75) is 39.7 Å². The zero-order valence-electron chi connectivity index (χ0n) is 13.6. The van der Waals surface area contributed by atoms with E-state index in [9.17, 15) is 14.3 Å². The first-order chi connectivity index (χ1) is 10.9. The van der Waals surface area contributed by atoms with Gasteiger partial charge in [-0.05, 0) is 51.0 Å². The Balaban J connectivity index is 2.10. The molecule has 0 bridgehead atoms. The monoisotopic (exact) mass is 319 g/mol. The first kappa shape index (κ1) is 17.1. The lowest BCUT2D eigenvalue weighted by atomic mass is 10.1. The van der Waals surface area contributed by atoms with E-state index in [1.165, 1.54) is 10.7 Å². The van der Waals surface area contributed by atoms with E-state index in [4.69, 9.17) is 0 Å². The van der Waals surface area contributed by atoms with E-state index in [1.54, 1.807) is 12.1 Å². The van der Waals surface area contributed by atoms with Gasteiger partial charge in [0.1, 0.15) is 11.5 Å². The van der Waals surface area contributed by atoms with Gasteiger partial charge in [-0.1, -0.05) is 6.92 Å². The van der Waals surface area contributed by atoms with Crippen molar-refractivity contribution in [3.8, 4) is 5.69 Å². The SMILES string of the molecule is CCC(O)CCNC(=O)c1ccc(-n2nc(C)cc2C)c(F)c1. The highest BCUT2D eigenvalue weighted by molar-refractivity contribution is 5.94. The molecule has 1 aromatic heterocycles. The van der Waals surface area contributed by atoms with Crippen LogP contribution in [0.5, 0.6) is 0 Å². The molecule has 0 saturated carbocycles. The minimum atomic E-state index is -0.502. The number of halogens is 1. The predicted molar refractivity (Wildman–Crippen MR) is 86.2 cm³/mol. The Morgan fingerprint density at radius 1 is 1.39 bits per heavy atom. The van der Waals surface area contributed by atoms with Crippen LogP contribution in [0.2, 0.25) is 0 Å². The number of aliphatic hydroxyl groups excluding tert-OH is 1. The summed E-state index contributed by atoms with van der Waals surface area (Å²) in [6.45, 7) is 5.92. The fourth-order valence-corrected chi connectivity index (χ4v) is 2.35. The lowest BCUT2D eigenvalue weighted by Gasteiger charge is -2.10. The largest absolute Gasteiger partial charge is 0.393 e. The molecule has 0 radical (unpaired) electrons. The number of benzene rings is 1. The number of hydrogen-bond donors (Lipinski definition) is 2. The van der Waals surface area contributed by atoms with Crippen LogP contribution in [0.15, 0.2) is 24.3 Å². The first-order valence-electron chi connectivity index (χ1n) is 7.71. The molecule has 2 rings (SSSR count). The van der Waals surface area contributed by atoms with Gasteiger partial charge in [-0.15, -0.1) is 0 Å². The molecule has 0 aliphatic carbocycles. The average Bonchev–Trinajstić information content (AvgIpc) is 2.85. The lowest BCUT2D eigenvalue weighted by Crippen LogP contribution is -2.27. The summed E-state index contributed by atoms with van der Waals surface area (Å²) in [5, 5.41) is 16.4. The smallest absolute Gasteiger partial charge is 0.251 e. The van der Waals surface area contributed by atoms with Crippen molar-refractivity contribution in [1.82, 2.24) is 15.1 Å². The zero-order valence-corrected chi connectivity index (χ0v) is 13.6. The van der Waals surface area contributed by atoms with Crippen LogP contribution < -0.4 is 5.32 Å². The number of carbonyl (C=O) groups excluding carboxylic acids is 1. The van der Waals surface area contributed by atoms with Gasteiger partial charge in [-0.25, -0.2) is 9.07 Å². The molecule has 23 heavy (non-hydrogen) atoms. The van der Waals surface area contributed by atoms with Gasteiger partial charge in [-0.2, -0.15) is 5.10 Å². The predicted octanol–water partition coefficient (Wildman–Crippen LogP) is 2.52. The number of amides is 1. The molecule has 0 spiro atoms. The Morgan fingerprint density at radius 2 is 2.13 bits per heavy atom. The molecule has 0 fully saturated rings. The molecular formula is C17H22FN3O2. The van der Waals surface area contributed by atoms with Gasteiger partial charge in [-0.3, -0.25) is 4.79 Å². The maximum atomic E-state index is 14.3. The summed E-state index contributed by atoms with van der Waals surface area (Å²) in [5.41, 5.74) is 2.19. The van der Waals surface area contributed by atoms with Crippen molar-refractivity contribution in [2.75, 3.05) is 6.54 Å². The van der Waals surface area contributed by atoms with Crippen LogP contribution in [0.25, 0.3) is 5.69 Å². The van der Waals surface area contributed by atoms with Crippen molar-refractivity contribution in [3.63, 3.8) is 0 Å². The van der Waals surface area contributed by atoms with E-state index in [2.05, 4.69) is 10.4 Å². The van der Waals surface area contributed by atoms with E-state index < -0.39 is 11.9 Å². The molecule has 0 aliphatic rings. The number of nitrogens with one attached hydrogen (secondary N) is 1. The first-order valence-corrected chi connectivity index (χ1v) is 7.71. The number of aryl methyl sites for hydroxylation is 2. The van der Waals surface area contributed by atoms with E-state index in [1.807, 2.05) is 26.8 Å². The average molecular weight is 319 g/mol. The molecule has 1 heterocycles. The minimum Gasteiger partial charge on any atom is -0.393 e. The normalized spacial score (nSPS) is 12.2. The standard InChI is InChI=1S/C17H22FN3O2/c1-4-14(22)7-8-19-17(23)13-5-6-16(15(18)10-13)21-12(3)9-11(2)20-21/h5-6,9-10,14,22H,4,7-8H2,1-3H3,(H,19,23). The molecule has 1 atom stereocenters. The van der Waals surface area contributed by atoms with E-state index in [-0.39, 0.29) is 11.5 Å². The van der Waals surface area contributed by atoms with Crippen molar-refractivity contribution in [3.05, 3.63) is 47.0 Å². The highest BCUT2D eigenvalue weighted by Gasteiger charge is 2.13. The minimum absolute atomic E-state index is 0.249. The van der Waals surface area contributed by atoms with Crippen LogP contribution in [0.4, 0.5) is 4.39 Å². The summed E-state index contributed by atoms with van der Waals surface area (Å²) in [6.07, 6.45) is 0.691. The molecule has 2 N–H and O–H groups in total. The molecule has 0 aliphatic heterocycles. The van der Waals surface area contributed by atoms with Gasteiger partial charge in [0.25, 0.3) is 5.91 Å². The van der Waals surface area contributed by atoms with Gasteiger partial charge in [0.2, 0.25) is 0 Å². The number of aromatic nitrogens is 2. The maximum absolute atomic E-state index is 14.3. The Morgan fingerprint density at radius 3 is 2.70 bits per heavy atom. The van der Waals surface area contributed by atoms with Crippen LogP contribution in [0, 0.1) is 19.7 Å². The summed E-state index contributed by atoms with van der Waals surface area (Å²) < 4.78 is 15.8. The maximum Gasteiger partial charge on any atom is 0.251 e. The Hall–Kier alpha value is -2.21. The quantitative estimate of drug-likeness (QED) is 0.860. The second kappa shape index (κ2) is 7.37. The molecule has 124 valence electrons. The third kappa shape index (κ3) is 4.16. The third-order valence-corrected chi connectivity index (χ3v) is 3.68. The van der Waals surface area contributed by atoms with Gasteiger partial charge < -0.3 is 10.4 Å². The second-order valence-electron chi connectivity index (χ2n) is 5.61. The van der Waals surface area contributed by atoms with E-state index >= 15 is 0 Å². The fourth-order valence-electron chi connectivity index (χ4n) is 2.35. The van der Waals surface area contributed by atoms with Gasteiger partial charge >= 0.3 is 0 Å². The highest BCUT2D eigenvalue weighted by atomic mass is 19.1. The Bertz CT molecular complexity index is 697. The van der Waals surface area contributed by atoms with Gasteiger partial charge in [0, 0.05) is 17.8 Å². The summed E-state index contributed by atoms with van der Waals surface area (Å²) in [7, 11) is 0. The van der Waals surface area contributed by atoms with Crippen molar-refractivity contribution in [2.24, 2.45) is 0 Å². The number of hydrogen-bond acceptors (Lipinski definition) is 3. The number of rotatable bonds is 6. The topological polar surface area (TPSA) is 67.2 Å². The third-order valence-electron chi connectivity index (χ3n) is 3.68. The van der Waals surface area contributed by atoms with E-state index in [0.717, 1.165) is 11.4 Å². The number of aliphatic hydroxyl groups is 1. The van der Waals surface area contributed by atoms with Crippen LogP contribution in [0.3, 0.4) is 0 Å². The van der Waals surface area contributed by atoms with Crippen molar-refractivity contribution >= 4 is 5.91 Å². The zero-order chi connectivity index (χ0) is 17.0. The Labute approximate surface area is 135 Å². The van der Waals surface area contributed by atoms with Crippen LogP contribution in [-0.4, -0.2) is 33.4 Å². The highest BCUT2D eigenvalue weighted by Crippen LogP contribution is 2.17.